The van der Waals surface area contributed by atoms with Crippen LogP contribution in [0.15, 0.2) is 48.5 Å². The Hall–Kier alpha value is -2.53. The molecular formula is C25H32N2O3. The molecule has 1 amide bonds. The molecule has 30 heavy (non-hydrogen) atoms. The van der Waals surface area contributed by atoms with Gasteiger partial charge in [-0.3, -0.25) is 4.79 Å². The zero-order valence-corrected chi connectivity index (χ0v) is 17.9. The van der Waals surface area contributed by atoms with Gasteiger partial charge in [-0.2, -0.15) is 0 Å². The number of carbonyl (C=O) groups excluding carboxylic acids is 1. The summed E-state index contributed by atoms with van der Waals surface area (Å²) in [5, 5.41) is 0. The highest BCUT2D eigenvalue weighted by Crippen LogP contribution is 2.31. The second-order valence-electron chi connectivity index (χ2n) is 8.30. The highest BCUT2D eigenvalue weighted by molar-refractivity contribution is 5.95. The van der Waals surface area contributed by atoms with Crippen LogP contribution in [-0.2, 0) is 6.61 Å². The molecule has 2 aromatic carbocycles. The standard InChI is InChI=1S/C25H32N2O3/c1-29-24-17-21(12-13-23(24)30-19-20-9-4-2-5-10-20)25(28)27-16-8-11-22(27)18-26-14-6-3-7-15-26/h2,4-5,9-10,12-13,17,22H,3,6-8,11,14-16,18-19H2,1H3. The minimum absolute atomic E-state index is 0.0995. The number of carbonyl (C=O) groups is 1. The quantitative estimate of drug-likeness (QED) is 0.682. The summed E-state index contributed by atoms with van der Waals surface area (Å²) in [6.45, 7) is 4.64. The van der Waals surface area contributed by atoms with Gasteiger partial charge in [-0.05, 0) is 62.5 Å². The van der Waals surface area contributed by atoms with Gasteiger partial charge < -0.3 is 19.3 Å². The van der Waals surface area contributed by atoms with E-state index in [0.717, 1.165) is 31.5 Å². The molecule has 2 aliphatic rings. The van der Waals surface area contributed by atoms with Crippen molar-refractivity contribution in [3.63, 3.8) is 0 Å². The summed E-state index contributed by atoms with van der Waals surface area (Å²) >= 11 is 0. The van der Waals surface area contributed by atoms with Crippen molar-refractivity contribution in [2.24, 2.45) is 0 Å². The van der Waals surface area contributed by atoms with E-state index in [2.05, 4.69) is 9.80 Å². The minimum Gasteiger partial charge on any atom is -0.493 e. The van der Waals surface area contributed by atoms with Crippen LogP contribution in [0.25, 0.3) is 0 Å². The van der Waals surface area contributed by atoms with Crippen LogP contribution in [0, 0.1) is 0 Å². The molecule has 0 saturated carbocycles. The number of nitrogens with zero attached hydrogens (tertiary/aromatic N) is 2. The topological polar surface area (TPSA) is 42.0 Å². The van der Waals surface area contributed by atoms with Crippen molar-refractivity contribution in [2.75, 3.05) is 33.3 Å². The summed E-state index contributed by atoms with van der Waals surface area (Å²) in [4.78, 5) is 17.9. The van der Waals surface area contributed by atoms with E-state index in [1.807, 2.05) is 48.5 Å². The minimum atomic E-state index is 0.0995. The van der Waals surface area contributed by atoms with E-state index >= 15 is 0 Å². The Labute approximate surface area is 179 Å². The molecule has 4 rings (SSSR count). The Bertz CT molecular complexity index is 834. The van der Waals surface area contributed by atoms with E-state index < -0.39 is 0 Å². The molecule has 2 heterocycles. The van der Waals surface area contributed by atoms with E-state index in [-0.39, 0.29) is 5.91 Å². The van der Waals surface area contributed by atoms with Crippen LogP contribution in [0.3, 0.4) is 0 Å². The van der Waals surface area contributed by atoms with Crippen molar-refractivity contribution < 1.29 is 14.3 Å². The van der Waals surface area contributed by atoms with Crippen LogP contribution in [0.1, 0.15) is 48.0 Å². The van der Waals surface area contributed by atoms with Gasteiger partial charge in [0.05, 0.1) is 7.11 Å². The van der Waals surface area contributed by atoms with Crippen molar-refractivity contribution in [1.82, 2.24) is 9.80 Å². The molecule has 2 saturated heterocycles. The number of hydrogen-bond donors (Lipinski definition) is 0. The monoisotopic (exact) mass is 408 g/mol. The summed E-state index contributed by atoms with van der Waals surface area (Å²) in [6, 6.07) is 15.9. The first-order chi connectivity index (χ1) is 14.7. The Kier molecular flexibility index (Phi) is 6.90. The second-order valence-corrected chi connectivity index (χ2v) is 8.30. The predicted molar refractivity (Wildman–Crippen MR) is 118 cm³/mol. The molecule has 0 spiro atoms. The molecule has 0 bridgehead atoms. The van der Waals surface area contributed by atoms with Crippen molar-refractivity contribution in [3.8, 4) is 11.5 Å². The van der Waals surface area contributed by atoms with Gasteiger partial charge in [-0.1, -0.05) is 36.8 Å². The zero-order valence-electron chi connectivity index (χ0n) is 17.9. The van der Waals surface area contributed by atoms with Gasteiger partial charge in [0.15, 0.2) is 11.5 Å². The van der Waals surface area contributed by atoms with Gasteiger partial charge in [0.25, 0.3) is 5.91 Å². The molecular weight excluding hydrogens is 376 g/mol. The van der Waals surface area contributed by atoms with Gasteiger partial charge >= 0.3 is 0 Å². The lowest BCUT2D eigenvalue weighted by Crippen LogP contribution is -2.44. The summed E-state index contributed by atoms with van der Waals surface area (Å²) in [7, 11) is 1.62. The summed E-state index contributed by atoms with van der Waals surface area (Å²) < 4.78 is 11.5. The van der Waals surface area contributed by atoms with E-state index in [9.17, 15) is 4.79 Å². The average Bonchev–Trinajstić information content (AvgIpc) is 3.26. The van der Waals surface area contributed by atoms with Crippen molar-refractivity contribution in [2.45, 2.75) is 44.8 Å². The maximum atomic E-state index is 13.3. The van der Waals surface area contributed by atoms with E-state index in [0.29, 0.717) is 29.7 Å². The number of rotatable bonds is 7. The molecule has 0 aromatic heterocycles. The van der Waals surface area contributed by atoms with E-state index in [1.54, 1.807) is 7.11 Å². The number of amides is 1. The fraction of sp³-hybridized carbons (Fsp3) is 0.480. The highest BCUT2D eigenvalue weighted by atomic mass is 16.5. The van der Waals surface area contributed by atoms with E-state index in [4.69, 9.17) is 9.47 Å². The van der Waals surface area contributed by atoms with Crippen molar-refractivity contribution in [3.05, 3.63) is 59.7 Å². The molecule has 1 atom stereocenters. The maximum absolute atomic E-state index is 13.3. The van der Waals surface area contributed by atoms with Gasteiger partial charge in [0, 0.05) is 24.7 Å². The van der Waals surface area contributed by atoms with Crippen LogP contribution in [0.2, 0.25) is 0 Å². The number of methoxy groups -OCH3 is 1. The highest BCUT2D eigenvalue weighted by Gasteiger charge is 2.31. The Morgan fingerprint density at radius 2 is 1.77 bits per heavy atom. The van der Waals surface area contributed by atoms with Gasteiger partial charge in [0.2, 0.25) is 0 Å². The normalized spacial score (nSPS) is 19.6. The third kappa shape index (κ3) is 4.96. The molecule has 5 nitrogen and oxygen atoms in total. The van der Waals surface area contributed by atoms with Crippen LogP contribution in [0.5, 0.6) is 11.5 Å². The van der Waals surface area contributed by atoms with E-state index in [1.165, 1.54) is 32.4 Å². The molecule has 0 radical (unpaired) electrons. The molecule has 2 aromatic rings. The molecule has 2 aliphatic heterocycles. The van der Waals surface area contributed by atoms with Crippen LogP contribution < -0.4 is 9.47 Å². The number of likely N-dealkylation sites (tertiary alicyclic amines) is 2. The smallest absolute Gasteiger partial charge is 0.254 e. The SMILES string of the molecule is COc1cc(C(=O)N2CCCC2CN2CCCCC2)ccc1OCc1ccccc1. The Balaban J connectivity index is 1.42. The van der Waals surface area contributed by atoms with Crippen molar-refractivity contribution in [1.29, 1.82) is 0 Å². The molecule has 160 valence electrons. The molecule has 0 aliphatic carbocycles. The first-order valence-corrected chi connectivity index (χ1v) is 11.1. The second kappa shape index (κ2) is 9.98. The Morgan fingerprint density at radius 3 is 2.53 bits per heavy atom. The summed E-state index contributed by atoms with van der Waals surface area (Å²) in [6.07, 6.45) is 6.07. The largest absolute Gasteiger partial charge is 0.493 e. The lowest BCUT2D eigenvalue weighted by molar-refractivity contribution is 0.0690. The summed E-state index contributed by atoms with van der Waals surface area (Å²) in [5.74, 6) is 1.36. The number of piperidine rings is 1. The zero-order chi connectivity index (χ0) is 20.8. The van der Waals surface area contributed by atoms with Gasteiger partial charge in [-0.15, -0.1) is 0 Å². The van der Waals surface area contributed by atoms with Crippen LogP contribution in [-0.4, -0.2) is 55.0 Å². The predicted octanol–water partition coefficient (Wildman–Crippen LogP) is 4.36. The average molecular weight is 409 g/mol. The number of benzene rings is 2. The van der Waals surface area contributed by atoms with Crippen LogP contribution in [0.4, 0.5) is 0 Å². The first-order valence-electron chi connectivity index (χ1n) is 11.1. The van der Waals surface area contributed by atoms with Crippen molar-refractivity contribution >= 4 is 5.91 Å². The summed E-state index contributed by atoms with van der Waals surface area (Å²) in [5.41, 5.74) is 1.77. The molecule has 0 N–H and O–H groups in total. The van der Waals surface area contributed by atoms with Gasteiger partial charge in [-0.25, -0.2) is 0 Å². The Morgan fingerprint density at radius 1 is 0.967 bits per heavy atom. The molecule has 1 unspecified atom stereocenters. The van der Waals surface area contributed by atoms with Gasteiger partial charge in [0.1, 0.15) is 6.61 Å². The molecule has 2 fully saturated rings. The first kappa shape index (κ1) is 20.7. The number of ether oxygens (including phenoxy) is 2. The third-order valence-corrected chi connectivity index (χ3v) is 6.20. The fourth-order valence-electron chi connectivity index (χ4n) is 4.55. The fourth-order valence-corrected chi connectivity index (χ4v) is 4.55. The third-order valence-electron chi connectivity index (χ3n) is 6.20. The van der Waals surface area contributed by atoms with Crippen LogP contribution >= 0.6 is 0 Å². The molecule has 5 heteroatoms. The number of hydrogen-bond acceptors (Lipinski definition) is 4. The lowest BCUT2D eigenvalue weighted by atomic mass is 10.1. The maximum Gasteiger partial charge on any atom is 0.254 e. The lowest BCUT2D eigenvalue weighted by Gasteiger charge is -2.33.